The number of nitrogens with zero attached hydrogens (tertiary/aromatic N) is 2. The summed E-state index contributed by atoms with van der Waals surface area (Å²) in [4.78, 5) is 9.30. The molecule has 1 aromatic rings. The second-order valence-corrected chi connectivity index (χ2v) is 6.91. The molecule has 2 aliphatic rings. The van der Waals surface area contributed by atoms with Crippen molar-refractivity contribution in [3.8, 4) is 0 Å². The lowest BCUT2D eigenvalue weighted by molar-refractivity contribution is 0.528. The van der Waals surface area contributed by atoms with Gasteiger partial charge in [0.2, 0.25) is 0 Å². The van der Waals surface area contributed by atoms with Gasteiger partial charge in [0, 0.05) is 17.3 Å². The molecule has 0 saturated heterocycles. The molecule has 3 unspecified atom stereocenters. The van der Waals surface area contributed by atoms with Crippen molar-refractivity contribution in [3.05, 3.63) is 16.6 Å². The predicted molar refractivity (Wildman–Crippen MR) is 79.3 cm³/mol. The van der Waals surface area contributed by atoms with Crippen LogP contribution in [-0.4, -0.2) is 21.9 Å². The second kappa shape index (κ2) is 5.61. The number of amidine groups is 1. The van der Waals surface area contributed by atoms with Crippen LogP contribution in [0.1, 0.15) is 43.7 Å². The van der Waals surface area contributed by atoms with Crippen molar-refractivity contribution < 1.29 is 0 Å². The van der Waals surface area contributed by atoms with E-state index in [0.717, 1.165) is 17.5 Å². The van der Waals surface area contributed by atoms with Crippen molar-refractivity contribution >= 4 is 28.3 Å². The van der Waals surface area contributed by atoms with Gasteiger partial charge in [-0.15, -0.1) is 11.3 Å². The van der Waals surface area contributed by atoms with Crippen LogP contribution < -0.4 is 5.32 Å². The molecule has 0 aromatic carbocycles. The number of hydrogen-bond acceptors (Lipinski definition) is 5. The summed E-state index contributed by atoms with van der Waals surface area (Å²) in [6.45, 7) is 2.20. The normalized spacial score (nSPS) is 28.6. The summed E-state index contributed by atoms with van der Waals surface area (Å²) in [5.41, 5.74) is 0. The topological polar surface area (TPSA) is 37.3 Å². The van der Waals surface area contributed by atoms with E-state index in [1.165, 1.54) is 30.0 Å². The molecule has 3 rings (SSSR count). The first-order valence-electron chi connectivity index (χ1n) is 6.73. The lowest BCUT2D eigenvalue weighted by atomic mass is 10.1. The maximum atomic E-state index is 4.89. The van der Waals surface area contributed by atoms with Crippen LogP contribution in [-0.2, 0) is 0 Å². The molecule has 5 heteroatoms. The van der Waals surface area contributed by atoms with E-state index in [1.807, 2.05) is 23.3 Å². The fourth-order valence-electron chi connectivity index (χ4n) is 2.73. The van der Waals surface area contributed by atoms with E-state index >= 15 is 0 Å². The van der Waals surface area contributed by atoms with Crippen LogP contribution in [0.15, 0.2) is 16.6 Å². The molecule has 3 atom stereocenters. The molecule has 1 N–H and O–H groups in total. The first-order valence-corrected chi connectivity index (χ1v) is 8.60. The summed E-state index contributed by atoms with van der Waals surface area (Å²) < 4.78 is 0. The quantitative estimate of drug-likeness (QED) is 0.922. The Balaban J connectivity index is 1.68. The number of aliphatic imine (C=N–C) groups is 1. The van der Waals surface area contributed by atoms with Gasteiger partial charge in [-0.3, -0.25) is 4.99 Å². The van der Waals surface area contributed by atoms with Gasteiger partial charge < -0.3 is 5.32 Å². The van der Waals surface area contributed by atoms with Crippen LogP contribution in [0.2, 0.25) is 0 Å². The van der Waals surface area contributed by atoms with Crippen LogP contribution in [0.4, 0.5) is 0 Å². The number of thiazole rings is 1. The van der Waals surface area contributed by atoms with Gasteiger partial charge in [-0.2, -0.15) is 0 Å². The summed E-state index contributed by atoms with van der Waals surface area (Å²) in [7, 11) is 0. The van der Waals surface area contributed by atoms with E-state index in [4.69, 9.17) is 4.99 Å². The van der Waals surface area contributed by atoms with E-state index in [0.29, 0.717) is 12.1 Å². The first-order chi connectivity index (χ1) is 8.86. The minimum Gasteiger partial charge on any atom is -0.356 e. The molecule has 1 aliphatic heterocycles. The molecule has 1 fully saturated rings. The lowest BCUT2D eigenvalue weighted by Crippen LogP contribution is -2.32. The third-order valence-corrected chi connectivity index (χ3v) is 5.77. The van der Waals surface area contributed by atoms with Crippen LogP contribution >= 0.6 is 23.1 Å². The van der Waals surface area contributed by atoms with Crippen molar-refractivity contribution in [1.82, 2.24) is 10.3 Å². The Morgan fingerprint density at radius 3 is 3.22 bits per heavy atom. The van der Waals surface area contributed by atoms with Gasteiger partial charge in [-0.1, -0.05) is 25.1 Å². The largest absolute Gasteiger partial charge is 0.356 e. The highest BCUT2D eigenvalue weighted by Gasteiger charge is 2.31. The Kier molecular flexibility index (Phi) is 3.89. The maximum absolute atomic E-state index is 4.89. The second-order valence-electron chi connectivity index (χ2n) is 4.98. The fraction of sp³-hybridized carbons (Fsp3) is 0.692. The molecular weight excluding hydrogens is 262 g/mol. The monoisotopic (exact) mass is 281 g/mol. The zero-order valence-electron chi connectivity index (χ0n) is 10.6. The third kappa shape index (κ3) is 2.57. The summed E-state index contributed by atoms with van der Waals surface area (Å²) >= 11 is 3.62. The Bertz CT molecular complexity index is 416. The van der Waals surface area contributed by atoms with Gasteiger partial charge in [-0.05, 0) is 25.2 Å². The molecule has 0 bridgehead atoms. The summed E-state index contributed by atoms with van der Waals surface area (Å²) in [6, 6.07) is 0.914. The zero-order chi connectivity index (χ0) is 12.4. The van der Waals surface area contributed by atoms with Gasteiger partial charge >= 0.3 is 0 Å². The van der Waals surface area contributed by atoms with Gasteiger partial charge in [0.15, 0.2) is 5.17 Å². The number of fused-ring (bicyclic) bond motifs is 1. The van der Waals surface area contributed by atoms with Crippen molar-refractivity contribution in [3.63, 3.8) is 0 Å². The summed E-state index contributed by atoms with van der Waals surface area (Å²) in [5.74, 6) is 2.07. The minimum absolute atomic E-state index is 0.328. The Morgan fingerprint density at radius 2 is 2.44 bits per heavy atom. The number of thioether (sulfide) groups is 1. The highest BCUT2D eigenvalue weighted by molar-refractivity contribution is 8.13. The smallest absolute Gasteiger partial charge is 0.157 e. The van der Waals surface area contributed by atoms with Crippen LogP contribution in [0, 0.1) is 5.92 Å². The predicted octanol–water partition coefficient (Wildman–Crippen LogP) is 3.46. The number of aromatic nitrogens is 1. The van der Waals surface area contributed by atoms with Gasteiger partial charge in [0.25, 0.3) is 0 Å². The molecule has 18 heavy (non-hydrogen) atoms. The molecule has 0 amide bonds. The van der Waals surface area contributed by atoms with E-state index in [9.17, 15) is 0 Å². The van der Waals surface area contributed by atoms with Crippen LogP contribution in [0.5, 0.6) is 0 Å². The number of rotatable bonds is 3. The Morgan fingerprint density at radius 1 is 1.50 bits per heavy atom. The van der Waals surface area contributed by atoms with E-state index in [2.05, 4.69) is 17.2 Å². The average Bonchev–Trinajstić information content (AvgIpc) is 3.06. The number of hydrogen-bond donors (Lipinski definition) is 1. The highest BCUT2D eigenvalue weighted by atomic mass is 32.2. The van der Waals surface area contributed by atoms with E-state index < -0.39 is 0 Å². The van der Waals surface area contributed by atoms with Gasteiger partial charge in [0.05, 0.1) is 12.1 Å². The minimum atomic E-state index is 0.328. The van der Waals surface area contributed by atoms with Crippen LogP contribution in [0.25, 0.3) is 0 Å². The fourth-order valence-corrected chi connectivity index (χ4v) is 4.70. The highest BCUT2D eigenvalue weighted by Crippen LogP contribution is 2.35. The van der Waals surface area contributed by atoms with E-state index in [-0.39, 0.29) is 0 Å². The molecule has 1 saturated carbocycles. The molecule has 0 radical (unpaired) electrons. The molecule has 2 heterocycles. The van der Waals surface area contributed by atoms with E-state index in [1.54, 1.807) is 11.3 Å². The van der Waals surface area contributed by atoms with Crippen molar-refractivity contribution in [2.45, 2.75) is 44.7 Å². The van der Waals surface area contributed by atoms with Crippen LogP contribution in [0.3, 0.4) is 0 Å². The zero-order valence-corrected chi connectivity index (χ0v) is 12.3. The average molecular weight is 281 g/mol. The summed E-state index contributed by atoms with van der Waals surface area (Å²) in [5, 5.41) is 7.94. The Labute approximate surface area is 116 Å². The third-order valence-electron chi connectivity index (χ3n) is 3.79. The first kappa shape index (κ1) is 12.5. The maximum Gasteiger partial charge on any atom is 0.157 e. The molecular formula is C13H19N3S2. The summed E-state index contributed by atoms with van der Waals surface area (Å²) in [6.07, 6.45) is 6.95. The molecule has 1 aromatic heterocycles. The van der Waals surface area contributed by atoms with Crippen molar-refractivity contribution in [2.75, 3.05) is 5.75 Å². The van der Waals surface area contributed by atoms with Crippen molar-refractivity contribution in [2.24, 2.45) is 10.9 Å². The lowest BCUT2D eigenvalue weighted by Gasteiger charge is -2.25. The van der Waals surface area contributed by atoms with Crippen molar-refractivity contribution in [1.29, 1.82) is 0 Å². The molecule has 3 nitrogen and oxygen atoms in total. The Hall–Kier alpha value is -0.550. The SMILES string of the molecule is CCC(NC1=NC2CCCC2CS1)c1nccs1. The molecule has 98 valence electrons. The molecule has 0 spiro atoms. The standard InChI is InChI=1S/C13H19N3S2/c1-2-10(12-14-6-7-17-12)15-13-16-11-5-3-4-9(11)8-18-13/h6-7,9-11H,2-5,8H2,1H3,(H,15,16). The molecule has 1 aliphatic carbocycles. The number of nitrogens with one attached hydrogen (secondary N) is 1. The van der Waals surface area contributed by atoms with Gasteiger partial charge in [-0.25, -0.2) is 4.98 Å². The van der Waals surface area contributed by atoms with Gasteiger partial charge in [0.1, 0.15) is 5.01 Å².